The Morgan fingerprint density at radius 1 is 0.792 bits per heavy atom. The largest absolute Gasteiger partial charge is 0.490 e. The summed E-state index contributed by atoms with van der Waals surface area (Å²) in [6.07, 6.45) is -6.85. The van der Waals surface area contributed by atoms with Crippen LogP contribution in [0.2, 0.25) is 0 Å². The first-order chi connectivity index (χ1) is 24.5. The Morgan fingerprint density at radius 2 is 1.19 bits per heavy atom. The maximum absolute atomic E-state index is 12.0. The molecule has 2 heterocycles. The Kier molecular flexibility index (Phi) is 26.3. The summed E-state index contributed by atoms with van der Waals surface area (Å²) in [6, 6.07) is 0. The van der Waals surface area contributed by atoms with E-state index in [1.54, 1.807) is 0 Å². The normalized spacial score (nSPS) is 20.7. The van der Waals surface area contributed by atoms with Crippen molar-refractivity contribution >= 4 is 35.0 Å². The number of hydrogen-bond donors (Lipinski definition) is 7. The molecular formula is C27H60N7O16P3. The first kappa shape index (κ1) is 53.4. The molecule has 0 amide bonds. The van der Waals surface area contributed by atoms with E-state index in [-0.39, 0.29) is 0 Å². The number of aromatic nitrogens is 2. The Bertz CT molecular complexity index is 1350. The van der Waals surface area contributed by atoms with Crippen molar-refractivity contribution in [1.29, 1.82) is 0 Å². The number of nitro groups is 1. The van der Waals surface area contributed by atoms with Crippen LogP contribution in [0.25, 0.3) is 0 Å². The molecule has 1 aliphatic rings. The lowest BCUT2D eigenvalue weighted by Crippen LogP contribution is -2.36. The first-order valence-electron chi connectivity index (χ1n) is 17.0. The predicted molar refractivity (Wildman–Crippen MR) is 196 cm³/mol. The average Bonchev–Trinajstić information content (AvgIpc) is 3.34. The molecule has 1 aromatic rings. The maximum Gasteiger partial charge on any atom is 0.490 e. The quantitative estimate of drug-likeness (QED) is 0.0629. The third-order valence-electron chi connectivity index (χ3n) is 7.61. The summed E-state index contributed by atoms with van der Waals surface area (Å²) in [7, 11) is -17.0. The summed E-state index contributed by atoms with van der Waals surface area (Å²) in [4.78, 5) is 67.6. The van der Waals surface area contributed by atoms with Gasteiger partial charge in [0.1, 0.15) is 18.3 Å². The third kappa shape index (κ3) is 21.2. The molecule has 53 heavy (non-hydrogen) atoms. The number of nitrogens with zero attached hydrogens (tertiary/aromatic N) is 6. The van der Waals surface area contributed by atoms with Crippen LogP contribution in [0.4, 0.5) is 11.5 Å². The molecule has 0 saturated carbocycles. The van der Waals surface area contributed by atoms with Gasteiger partial charge in [-0.2, -0.15) is 13.6 Å². The zero-order valence-corrected chi connectivity index (χ0v) is 34.5. The van der Waals surface area contributed by atoms with E-state index in [0.29, 0.717) is 10.8 Å². The molecular weight excluding hydrogens is 771 g/mol. The number of hydrogen-bond acceptors (Lipinski definition) is 17. The SMILES string of the molecule is CCN(CC)CC.CCN(CC)CC.CCN(CC)CC.Nc1nc(=O)n([C@@H]2O[C@H](COP(=O)(O)OP(=O)(O)OP(=O)(O)O)[C@@H](O)[C@H]2O)cc1[N+](=O)[O-]. The fourth-order valence-electron chi connectivity index (χ4n) is 4.37. The van der Waals surface area contributed by atoms with Crippen molar-refractivity contribution in [3.8, 4) is 0 Å². The molecule has 6 atom stereocenters. The summed E-state index contributed by atoms with van der Waals surface area (Å²) >= 11 is 0. The van der Waals surface area contributed by atoms with Crippen molar-refractivity contribution in [3.63, 3.8) is 0 Å². The van der Waals surface area contributed by atoms with E-state index in [4.69, 9.17) is 25.2 Å². The molecule has 0 spiro atoms. The van der Waals surface area contributed by atoms with Gasteiger partial charge in [-0.1, -0.05) is 62.3 Å². The van der Waals surface area contributed by atoms with Crippen molar-refractivity contribution in [2.45, 2.75) is 86.9 Å². The second-order valence-electron chi connectivity index (χ2n) is 10.7. The van der Waals surface area contributed by atoms with Gasteiger partial charge in [0.05, 0.1) is 17.7 Å². The Hall–Kier alpha value is -1.75. The average molecular weight is 832 g/mol. The number of ether oxygens (including phenoxy) is 1. The minimum atomic E-state index is -5.79. The highest BCUT2D eigenvalue weighted by Crippen LogP contribution is 2.66. The monoisotopic (exact) mass is 831 g/mol. The highest BCUT2D eigenvalue weighted by Gasteiger charge is 2.47. The lowest BCUT2D eigenvalue weighted by atomic mass is 10.1. The second kappa shape index (κ2) is 26.2. The highest BCUT2D eigenvalue weighted by molar-refractivity contribution is 7.66. The standard InChI is InChI=1S/C9H15N4O16P3.3C6H15N/c10-7-3(13(17)18)1-12(9(16)11-7)8-6(15)5(14)4(27-8)2-26-31(22,23)29-32(24,25)28-30(19,20)21;3*1-4-7(5-2)6-3/h1,4-6,8,14-15H,2H2,(H,22,23)(H,24,25)(H2,10,11,16)(H2,19,20,21);3*4-6H2,1-3H3/t4-,5-,6-,8-;;;/m1.../s1. The van der Waals surface area contributed by atoms with Crippen LogP contribution in [-0.2, 0) is 31.6 Å². The second-order valence-corrected chi connectivity index (χ2v) is 15.2. The number of phosphoric ester groups is 1. The molecule has 1 saturated heterocycles. The third-order valence-corrected chi connectivity index (χ3v) is 11.4. The molecule has 23 nitrogen and oxygen atoms in total. The Balaban J connectivity index is 0. The number of rotatable bonds is 18. The fourth-order valence-corrected chi connectivity index (χ4v) is 7.40. The van der Waals surface area contributed by atoms with Gasteiger partial charge < -0.3 is 55.0 Å². The van der Waals surface area contributed by atoms with Crippen LogP contribution in [-0.4, -0.2) is 143 Å². The minimum absolute atomic E-state index is 0.410. The van der Waals surface area contributed by atoms with E-state index in [1.807, 2.05) is 0 Å². The summed E-state index contributed by atoms with van der Waals surface area (Å²) in [5.41, 5.74) is 3.18. The van der Waals surface area contributed by atoms with Gasteiger partial charge in [-0.05, 0) is 58.9 Å². The van der Waals surface area contributed by atoms with Crippen molar-refractivity contribution in [3.05, 3.63) is 26.8 Å². The molecule has 1 aromatic heterocycles. The van der Waals surface area contributed by atoms with Crippen molar-refractivity contribution < 1.29 is 66.3 Å². The van der Waals surface area contributed by atoms with Gasteiger partial charge in [-0.3, -0.25) is 19.2 Å². The molecule has 0 bridgehead atoms. The van der Waals surface area contributed by atoms with Gasteiger partial charge in [0.15, 0.2) is 6.23 Å². The van der Waals surface area contributed by atoms with Crippen molar-refractivity contribution in [2.24, 2.45) is 0 Å². The number of aliphatic hydroxyl groups is 2. The molecule has 0 radical (unpaired) electrons. The number of phosphoric acid groups is 3. The number of nitrogen functional groups attached to an aromatic ring is 1. The van der Waals surface area contributed by atoms with Gasteiger partial charge in [-0.15, -0.1) is 0 Å². The maximum atomic E-state index is 12.0. The molecule has 2 rings (SSSR count). The summed E-state index contributed by atoms with van der Waals surface area (Å²) in [5.74, 6) is -0.742. The van der Waals surface area contributed by atoms with Gasteiger partial charge in [0.25, 0.3) is 0 Å². The van der Waals surface area contributed by atoms with E-state index in [0.717, 1.165) is 0 Å². The first-order valence-corrected chi connectivity index (χ1v) is 21.5. The van der Waals surface area contributed by atoms with Gasteiger partial charge >= 0.3 is 34.8 Å². The van der Waals surface area contributed by atoms with E-state index in [9.17, 15) is 43.7 Å². The van der Waals surface area contributed by atoms with E-state index >= 15 is 0 Å². The zero-order chi connectivity index (χ0) is 41.7. The van der Waals surface area contributed by atoms with Crippen molar-refractivity contribution in [2.75, 3.05) is 71.2 Å². The van der Waals surface area contributed by atoms with Crippen LogP contribution < -0.4 is 11.4 Å². The van der Waals surface area contributed by atoms with Crippen LogP contribution in [0.15, 0.2) is 11.0 Å². The van der Waals surface area contributed by atoms with Crippen LogP contribution in [0, 0.1) is 10.1 Å². The number of aliphatic hydroxyl groups excluding tert-OH is 2. The van der Waals surface area contributed by atoms with E-state index in [2.05, 4.69) is 95.1 Å². The summed E-state index contributed by atoms with van der Waals surface area (Å²) in [5, 5.41) is 31.0. The van der Waals surface area contributed by atoms with Crippen LogP contribution in [0.1, 0.15) is 68.5 Å². The van der Waals surface area contributed by atoms with Gasteiger partial charge in [0.2, 0.25) is 5.82 Å². The molecule has 2 unspecified atom stereocenters. The molecule has 8 N–H and O–H groups in total. The highest BCUT2D eigenvalue weighted by atomic mass is 31.3. The summed E-state index contributed by atoms with van der Waals surface area (Å²) < 4.78 is 50.3. The predicted octanol–water partition coefficient (Wildman–Crippen LogP) is 1.74. The minimum Gasteiger partial charge on any atom is -0.387 e. The lowest BCUT2D eigenvalue weighted by molar-refractivity contribution is -0.384. The molecule has 0 aromatic carbocycles. The van der Waals surface area contributed by atoms with E-state index < -0.39 is 76.7 Å². The van der Waals surface area contributed by atoms with Crippen molar-refractivity contribution in [1.82, 2.24) is 24.3 Å². The molecule has 314 valence electrons. The van der Waals surface area contributed by atoms with Crippen LogP contribution in [0.5, 0.6) is 0 Å². The Morgan fingerprint density at radius 3 is 1.51 bits per heavy atom. The number of anilines is 1. The van der Waals surface area contributed by atoms with Crippen LogP contribution in [0.3, 0.4) is 0 Å². The topological polar surface area (TPSA) is 323 Å². The molecule has 1 aliphatic heterocycles. The Labute approximate surface area is 310 Å². The van der Waals surface area contributed by atoms with Crippen LogP contribution >= 0.6 is 23.5 Å². The zero-order valence-electron chi connectivity index (χ0n) is 31.8. The fraction of sp³-hybridized carbons (Fsp3) is 0.852. The lowest BCUT2D eigenvalue weighted by Gasteiger charge is -2.19. The smallest absolute Gasteiger partial charge is 0.387 e. The molecule has 0 aliphatic carbocycles. The van der Waals surface area contributed by atoms with E-state index in [1.165, 1.54) is 58.9 Å². The van der Waals surface area contributed by atoms with Gasteiger partial charge in [0, 0.05) is 0 Å². The molecule has 1 fully saturated rings. The molecule has 26 heteroatoms. The number of nitrogens with two attached hydrogens (primary N) is 1. The van der Waals surface area contributed by atoms with Gasteiger partial charge in [-0.25, -0.2) is 18.5 Å². The summed E-state index contributed by atoms with van der Waals surface area (Å²) in [6.45, 7) is 29.2.